The van der Waals surface area contributed by atoms with E-state index in [0.717, 1.165) is 43.3 Å². The molecule has 1 aliphatic carbocycles. The molecule has 0 unspecified atom stereocenters. The van der Waals surface area contributed by atoms with Crippen LogP contribution < -0.4 is 20.7 Å². The number of rotatable bonds is 12. The molecule has 0 atom stereocenters. The van der Waals surface area contributed by atoms with E-state index in [4.69, 9.17) is 9.47 Å². The summed E-state index contributed by atoms with van der Waals surface area (Å²) in [4.78, 5) is 14.5. The highest BCUT2D eigenvalue weighted by Gasteiger charge is 2.30. The molecular formula is C33H42F3N5O3. The number of carbonyl (C=O) groups excluding carboxylic acids is 1. The van der Waals surface area contributed by atoms with Crippen LogP contribution in [0.15, 0.2) is 42.5 Å². The van der Waals surface area contributed by atoms with Crippen LogP contribution in [0.25, 0.3) is 10.9 Å². The number of anilines is 2. The molecule has 238 valence electrons. The number of methoxy groups -OCH3 is 2. The molecule has 3 aromatic rings. The van der Waals surface area contributed by atoms with Crippen molar-refractivity contribution in [3.63, 3.8) is 0 Å². The maximum atomic E-state index is 13.7. The molecule has 0 spiro atoms. The maximum absolute atomic E-state index is 13.7. The number of hydrogen-bond acceptors (Lipinski definition) is 6. The van der Waals surface area contributed by atoms with Gasteiger partial charge in [0.15, 0.2) is 0 Å². The first kappa shape index (κ1) is 33.0. The highest BCUT2D eigenvalue weighted by atomic mass is 19.4. The molecular weight excluding hydrogens is 571 g/mol. The fourth-order valence-electron chi connectivity index (χ4n) is 5.68. The molecule has 1 aliphatic rings. The smallest absolute Gasteiger partial charge is 0.406 e. The summed E-state index contributed by atoms with van der Waals surface area (Å²) in [5.41, 5.74) is 2.67. The number of carbonyl (C=O) groups is 1. The van der Waals surface area contributed by atoms with Gasteiger partial charge in [-0.15, -0.1) is 0 Å². The third-order valence-corrected chi connectivity index (χ3v) is 8.00. The van der Waals surface area contributed by atoms with Crippen LogP contribution in [0.3, 0.4) is 0 Å². The Hall–Kier alpha value is -3.88. The van der Waals surface area contributed by atoms with E-state index in [1.54, 1.807) is 43.5 Å². The minimum Gasteiger partial charge on any atom is -0.495 e. The number of nitrogens with one attached hydrogen (secondary N) is 3. The van der Waals surface area contributed by atoms with Gasteiger partial charge >= 0.3 is 6.18 Å². The number of hydrogen-bond donors (Lipinski definition) is 3. The molecule has 8 nitrogen and oxygen atoms in total. The van der Waals surface area contributed by atoms with Crippen LogP contribution in [0, 0.1) is 11.8 Å². The van der Waals surface area contributed by atoms with E-state index in [1.807, 2.05) is 13.0 Å². The van der Waals surface area contributed by atoms with Gasteiger partial charge in [-0.05, 0) is 82.0 Å². The molecule has 0 bridgehead atoms. The van der Waals surface area contributed by atoms with Gasteiger partial charge in [-0.25, -0.2) is 0 Å². The van der Waals surface area contributed by atoms with Crippen LogP contribution in [0.2, 0.25) is 0 Å². The molecule has 1 fully saturated rings. The number of halogens is 3. The number of alkyl halides is 3. The molecule has 1 saturated carbocycles. The quantitative estimate of drug-likeness (QED) is 0.227. The second kappa shape index (κ2) is 15.2. The molecule has 0 aliphatic heterocycles. The largest absolute Gasteiger partial charge is 0.495 e. The van der Waals surface area contributed by atoms with E-state index in [2.05, 4.69) is 39.7 Å². The summed E-state index contributed by atoms with van der Waals surface area (Å²) in [5, 5.41) is 10.2. The van der Waals surface area contributed by atoms with Crippen molar-refractivity contribution in [2.75, 3.05) is 58.1 Å². The minimum atomic E-state index is -4.41. The zero-order valence-corrected chi connectivity index (χ0v) is 25.8. The number of benzene rings is 2. The third kappa shape index (κ3) is 8.61. The van der Waals surface area contributed by atoms with Crippen LogP contribution in [0.1, 0.15) is 48.7 Å². The molecule has 1 amide bonds. The molecule has 44 heavy (non-hydrogen) atoms. The van der Waals surface area contributed by atoms with Gasteiger partial charge in [-0.3, -0.25) is 4.79 Å². The van der Waals surface area contributed by atoms with Crippen LogP contribution >= 0.6 is 0 Å². The first-order valence-corrected chi connectivity index (χ1v) is 15.0. The summed E-state index contributed by atoms with van der Waals surface area (Å²) in [6.07, 6.45) is -0.351. The van der Waals surface area contributed by atoms with Gasteiger partial charge in [-0.2, -0.15) is 13.2 Å². The van der Waals surface area contributed by atoms with Crippen molar-refractivity contribution >= 4 is 28.2 Å². The molecule has 11 heteroatoms. The fourth-order valence-corrected chi connectivity index (χ4v) is 5.68. The first-order valence-electron chi connectivity index (χ1n) is 15.0. The van der Waals surface area contributed by atoms with Crippen LogP contribution in [0.5, 0.6) is 5.75 Å². The second-order valence-electron chi connectivity index (χ2n) is 11.0. The monoisotopic (exact) mass is 613 g/mol. The highest BCUT2D eigenvalue weighted by molar-refractivity contribution is 5.95. The van der Waals surface area contributed by atoms with E-state index < -0.39 is 12.7 Å². The lowest BCUT2D eigenvalue weighted by Gasteiger charge is -2.35. The number of ether oxygens (including phenoxy) is 2. The molecule has 3 N–H and O–H groups in total. The highest BCUT2D eigenvalue weighted by Crippen LogP contribution is 2.33. The molecule has 0 saturated heterocycles. The summed E-state index contributed by atoms with van der Waals surface area (Å²) < 4.78 is 52.8. The summed E-state index contributed by atoms with van der Waals surface area (Å²) in [6.45, 7) is 2.97. The van der Waals surface area contributed by atoms with Crippen LogP contribution in [-0.2, 0) is 11.3 Å². The Morgan fingerprint density at radius 2 is 1.86 bits per heavy atom. The maximum Gasteiger partial charge on any atom is 0.406 e. The van der Waals surface area contributed by atoms with E-state index in [9.17, 15) is 18.0 Å². The Labute approximate surface area is 257 Å². The van der Waals surface area contributed by atoms with Gasteiger partial charge in [0.2, 0.25) is 0 Å². The lowest BCUT2D eigenvalue weighted by molar-refractivity contribution is -0.140. The number of likely N-dealkylation sites (N-methyl/N-ethyl adjacent to an activating group) is 1. The van der Waals surface area contributed by atoms with Crippen molar-refractivity contribution < 1.29 is 27.4 Å². The van der Waals surface area contributed by atoms with E-state index in [0.29, 0.717) is 41.7 Å². The zero-order valence-electron chi connectivity index (χ0n) is 25.8. The van der Waals surface area contributed by atoms with Crippen molar-refractivity contribution in [2.24, 2.45) is 0 Å². The van der Waals surface area contributed by atoms with Crippen molar-refractivity contribution in [3.05, 3.63) is 53.7 Å². The van der Waals surface area contributed by atoms with E-state index in [1.165, 1.54) is 11.7 Å². The Morgan fingerprint density at radius 3 is 2.55 bits per heavy atom. The van der Waals surface area contributed by atoms with Gasteiger partial charge in [0.1, 0.15) is 12.3 Å². The van der Waals surface area contributed by atoms with Crippen molar-refractivity contribution in [1.82, 2.24) is 14.8 Å². The average Bonchev–Trinajstić information content (AvgIpc) is 3.35. The van der Waals surface area contributed by atoms with Gasteiger partial charge < -0.3 is 34.9 Å². The standard InChI is InChI=1S/C33H42F3N5O3/c1-5-37-32(42)23-11-16-29(31(20-23)44-4)38-17-7-8-26-21-27-28(9-6-10-30(27)41(26)22-33(34,35)36)39-24-12-14-25(15-13-24)40(2)18-19-43-3/h6,9-11,16,20-21,24-25,38-39H,5,12-15,17-19,22H2,1-4H3,(H,37,42). The van der Waals surface area contributed by atoms with Crippen LogP contribution in [0.4, 0.5) is 24.5 Å². The van der Waals surface area contributed by atoms with Crippen molar-refractivity contribution in [1.29, 1.82) is 0 Å². The van der Waals surface area contributed by atoms with Crippen LogP contribution in [-0.4, -0.2) is 81.1 Å². The Morgan fingerprint density at radius 1 is 1.09 bits per heavy atom. The molecule has 0 radical (unpaired) electrons. The summed E-state index contributed by atoms with van der Waals surface area (Å²) >= 11 is 0. The Kier molecular flexibility index (Phi) is 11.4. The normalized spacial score (nSPS) is 16.8. The van der Waals surface area contributed by atoms with Crippen molar-refractivity contribution in [2.45, 2.75) is 57.4 Å². The number of amides is 1. The molecule has 1 heterocycles. The topological polar surface area (TPSA) is 79.8 Å². The predicted molar refractivity (Wildman–Crippen MR) is 169 cm³/mol. The first-order chi connectivity index (χ1) is 21.1. The predicted octanol–water partition coefficient (Wildman–Crippen LogP) is 5.73. The SMILES string of the molecule is CCNC(=O)c1ccc(NCC#Cc2cc3c(NC4CCC(N(C)CCOC)CC4)cccc3n2CC(F)(F)F)c(OC)c1. The van der Waals surface area contributed by atoms with Gasteiger partial charge in [0.05, 0.1) is 37.2 Å². The Bertz CT molecular complexity index is 1470. The van der Waals surface area contributed by atoms with Gasteiger partial charge in [-0.1, -0.05) is 12.0 Å². The minimum absolute atomic E-state index is 0.164. The average molecular weight is 614 g/mol. The lowest BCUT2D eigenvalue weighted by Crippen LogP contribution is -2.39. The lowest BCUT2D eigenvalue weighted by atomic mass is 9.90. The number of nitrogens with zero attached hydrogens (tertiary/aromatic N) is 2. The Balaban J connectivity index is 1.50. The summed E-state index contributed by atoms with van der Waals surface area (Å²) in [6, 6.07) is 12.9. The third-order valence-electron chi connectivity index (χ3n) is 8.00. The van der Waals surface area contributed by atoms with Crippen molar-refractivity contribution in [3.8, 4) is 17.6 Å². The van der Waals surface area contributed by atoms with E-state index in [-0.39, 0.29) is 24.2 Å². The van der Waals surface area contributed by atoms with Gasteiger partial charge in [0, 0.05) is 48.9 Å². The molecule has 4 rings (SSSR count). The summed E-state index contributed by atoms with van der Waals surface area (Å²) in [5.74, 6) is 6.17. The number of aromatic nitrogens is 1. The molecule has 1 aromatic heterocycles. The molecule has 2 aromatic carbocycles. The van der Waals surface area contributed by atoms with E-state index >= 15 is 0 Å². The van der Waals surface area contributed by atoms with Gasteiger partial charge in [0.25, 0.3) is 5.91 Å². The second-order valence-corrected chi connectivity index (χ2v) is 11.0. The number of fused-ring (bicyclic) bond motifs is 1. The summed E-state index contributed by atoms with van der Waals surface area (Å²) in [7, 11) is 5.34. The zero-order chi connectivity index (χ0) is 31.7. The fraction of sp³-hybridized carbons (Fsp3) is 0.485.